The SMILES string of the molecule is CCCNCc1ccc(OC)c(S(=O)(=O)NCC)c1. The van der Waals surface area contributed by atoms with E-state index in [1.807, 2.05) is 6.07 Å². The number of benzene rings is 1. The summed E-state index contributed by atoms with van der Waals surface area (Å²) < 4.78 is 31.8. The molecule has 6 heteroatoms. The highest BCUT2D eigenvalue weighted by molar-refractivity contribution is 7.89. The second-order valence-corrected chi connectivity index (χ2v) is 5.90. The first-order valence-electron chi connectivity index (χ1n) is 6.42. The maximum atomic E-state index is 12.1. The van der Waals surface area contributed by atoms with E-state index in [9.17, 15) is 8.42 Å². The largest absolute Gasteiger partial charge is 0.495 e. The van der Waals surface area contributed by atoms with Gasteiger partial charge in [-0.1, -0.05) is 19.9 Å². The predicted octanol–water partition coefficient (Wildman–Crippen LogP) is 1.49. The van der Waals surface area contributed by atoms with Gasteiger partial charge in [-0.2, -0.15) is 0 Å². The molecule has 0 amide bonds. The van der Waals surface area contributed by atoms with Crippen LogP contribution in [0.25, 0.3) is 0 Å². The van der Waals surface area contributed by atoms with Crippen molar-refractivity contribution >= 4 is 10.0 Å². The molecule has 0 heterocycles. The number of nitrogens with one attached hydrogen (secondary N) is 2. The highest BCUT2D eigenvalue weighted by Crippen LogP contribution is 2.24. The highest BCUT2D eigenvalue weighted by Gasteiger charge is 2.18. The van der Waals surface area contributed by atoms with Crippen molar-refractivity contribution in [2.75, 3.05) is 20.2 Å². The molecule has 0 radical (unpaired) electrons. The number of hydrogen-bond donors (Lipinski definition) is 2. The Hall–Kier alpha value is -1.11. The molecule has 0 aromatic heterocycles. The smallest absolute Gasteiger partial charge is 0.244 e. The van der Waals surface area contributed by atoms with Gasteiger partial charge < -0.3 is 10.1 Å². The summed E-state index contributed by atoms with van der Waals surface area (Å²) >= 11 is 0. The Morgan fingerprint density at radius 1 is 1.26 bits per heavy atom. The molecule has 2 N–H and O–H groups in total. The topological polar surface area (TPSA) is 67.4 Å². The zero-order valence-corrected chi connectivity index (χ0v) is 12.5. The van der Waals surface area contributed by atoms with Crippen LogP contribution >= 0.6 is 0 Å². The molecule has 1 aromatic rings. The summed E-state index contributed by atoms with van der Waals surface area (Å²) in [6.07, 6.45) is 1.04. The van der Waals surface area contributed by atoms with Crippen molar-refractivity contribution in [1.82, 2.24) is 10.0 Å². The molecule has 19 heavy (non-hydrogen) atoms. The number of rotatable bonds is 8. The molecule has 0 bridgehead atoms. The Morgan fingerprint density at radius 2 is 2.00 bits per heavy atom. The molecule has 5 nitrogen and oxygen atoms in total. The molecule has 0 saturated carbocycles. The van der Waals surface area contributed by atoms with Gasteiger partial charge in [0.15, 0.2) is 0 Å². The number of methoxy groups -OCH3 is 1. The molecular formula is C13H22N2O3S. The van der Waals surface area contributed by atoms with E-state index < -0.39 is 10.0 Å². The Kier molecular flexibility index (Phi) is 6.27. The quantitative estimate of drug-likeness (QED) is 0.711. The lowest BCUT2D eigenvalue weighted by Crippen LogP contribution is -2.24. The zero-order valence-electron chi connectivity index (χ0n) is 11.7. The van der Waals surface area contributed by atoms with E-state index >= 15 is 0 Å². The average Bonchev–Trinajstić information content (AvgIpc) is 2.39. The molecular weight excluding hydrogens is 264 g/mol. The van der Waals surface area contributed by atoms with Crippen LogP contribution in [0, 0.1) is 0 Å². The Bertz CT molecular complexity index is 501. The van der Waals surface area contributed by atoms with Crippen LogP contribution in [-0.4, -0.2) is 28.6 Å². The summed E-state index contributed by atoms with van der Waals surface area (Å²) in [5.41, 5.74) is 0.922. The van der Waals surface area contributed by atoms with E-state index in [0.717, 1.165) is 18.5 Å². The fourth-order valence-corrected chi connectivity index (χ4v) is 2.98. The van der Waals surface area contributed by atoms with Gasteiger partial charge in [0, 0.05) is 13.1 Å². The zero-order chi connectivity index (χ0) is 14.3. The van der Waals surface area contributed by atoms with Gasteiger partial charge in [-0.15, -0.1) is 0 Å². The fourth-order valence-electron chi connectivity index (χ4n) is 1.72. The molecule has 0 saturated heterocycles. The van der Waals surface area contributed by atoms with Gasteiger partial charge in [0.05, 0.1) is 7.11 Å². The van der Waals surface area contributed by atoms with E-state index in [1.165, 1.54) is 7.11 Å². The molecule has 0 atom stereocenters. The van der Waals surface area contributed by atoms with E-state index in [4.69, 9.17) is 4.74 Å². The second-order valence-electron chi connectivity index (χ2n) is 4.16. The first-order valence-corrected chi connectivity index (χ1v) is 7.90. The van der Waals surface area contributed by atoms with E-state index in [-0.39, 0.29) is 4.90 Å². The maximum absolute atomic E-state index is 12.1. The van der Waals surface area contributed by atoms with Crippen LogP contribution in [0.5, 0.6) is 5.75 Å². The van der Waals surface area contributed by atoms with Crippen LogP contribution in [0.15, 0.2) is 23.1 Å². The monoisotopic (exact) mass is 286 g/mol. The maximum Gasteiger partial charge on any atom is 0.244 e. The van der Waals surface area contributed by atoms with Gasteiger partial charge >= 0.3 is 0 Å². The summed E-state index contributed by atoms with van der Waals surface area (Å²) in [7, 11) is -2.04. The van der Waals surface area contributed by atoms with Crippen molar-refractivity contribution in [3.63, 3.8) is 0 Å². The number of ether oxygens (including phenoxy) is 1. The Labute approximate surface area is 115 Å². The second kappa shape index (κ2) is 7.47. The highest BCUT2D eigenvalue weighted by atomic mass is 32.2. The van der Waals surface area contributed by atoms with Crippen molar-refractivity contribution in [3.8, 4) is 5.75 Å². The molecule has 0 aliphatic carbocycles. The van der Waals surface area contributed by atoms with Gasteiger partial charge in [-0.3, -0.25) is 0 Å². The van der Waals surface area contributed by atoms with Gasteiger partial charge in [0.2, 0.25) is 10.0 Å². The van der Waals surface area contributed by atoms with Crippen molar-refractivity contribution in [1.29, 1.82) is 0 Å². The number of hydrogen-bond acceptors (Lipinski definition) is 4. The predicted molar refractivity (Wildman–Crippen MR) is 75.9 cm³/mol. The van der Waals surface area contributed by atoms with E-state index in [2.05, 4.69) is 17.0 Å². The summed E-state index contributed by atoms with van der Waals surface area (Å²) in [5.74, 6) is 0.361. The molecule has 1 aromatic carbocycles. The lowest BCUT2D eigenvalue weighted by Gasteiger charge is -2.12. The van der Waals surface area contributed by atoms with Crippen LogP contribution in [0.3, 0.4) is 0 Å². The molecule has 0 aliphatic heterocycles. The first kappa shape index (κ1) is 15.9. The Balaban J connectivity index is 3.03. The average molecular weight is 286 g/mol. The van der Waals surface area contributed by atoms with Crippen molar-refractivity contribution in [2.45, 2.75) is 31.7 Å². The van der Waals surface area contributed by atoms with Gasteiger partial charge in [-0.05, 0) is 30.7 Å². The van der Waals surface area contributed by atoms with Gasteiger partial charge in [0.25, 0.3) is 0 Å². The van der Waals surface area contributed by atoms with Crippen LogP contribution in [0.1, 0.15) is 25.8 Å². The lowest BCUT2D eigenvalue weighted by atomic mass is 10.2. The molecule has 0 fully saturated rings. The minimum atomic E-state index is -3.51. The normalized spacial score (nSPS) is 11.5. The Morgan fingerprint density at radius 3 is 2.58 bits per heavy atom. The van der Waals surface area contributed by atoms with E-state index in [1.54, 1.807) is 19.1 Å². The van der Waals surface area contributed by atoms with Gasteiger partial charge in [0.1, 0.15) is 10.6 Å². The minimum absolute atomic E-state index is 0.188. The van der Waals surface area contributed by atoms with Crippen molar-refractivity contribution < 1.29 is 13.2 Å². The van der Waals surface area contributed by atoms with Crippen LogP contribution in [-0.2, 0) is 16.6 Å². The van der Waals surface area contributed by atoms with Gasteiger partial charge in [-0.25, -0.2) is 13.1 Å². The van der Waals surface area contributed by atoms with Crippen LogP contribution in [0.2, 0.25) is 0 Å². The minimum Gasteiger partial charge on any atom is -0.495 e. The van der Waals surface area contributed by atoms with Crippen molar-refractivity contribution in [2.24, 2.45) is 0 Å². The third-order valence-electron chi connectivity index (χ3n) is 2.61. The van der Waals surface area contributed by atoms with Crippen LogP contribution < -0.4 is 14.8 Å². The molecule has 1 rings (SSSR count). The first-order chi connectivity index (χ1) is 9.05. The standard InChI is InChI=1S/C13H22N2O3S/c1-4-8-14-10-11-6-7-12(18-3)13(9-11)19(16,17)15-5-2/h6-7,9,14-15H,4-5,8,10H2,1-3H3. The summed E-state index contributed by atoms with van der Waals surface area (Å²) in [5, 5.41) is 3.24. The third-order valence-corrected chi connectivity index (χ3v) is 4.17. The molecule has 0 spiro atoms. The third kappa shape index (κ3) is 4.49. The molecule has 0 aliphatic rings. The molecule has 108 valence electrons. The van der Waals surface area contributed by atoms with Crippen molar-refractivity contribution in [3.05, 3.63) is 23.8 Å². The summed E-state index contributed by atoms with van der Waals surface area (Å²) in [6.45, 7) is 5.73. The van der Waals surface area contributed by atoms with E-state index in [0.29, 0.717) is 18.8 Å². The molecule has 0 unspecified atom stereocenters. The fraction of sp³-hybridized carbons (Fsp3) is 0.538. The summed E-state index contributed by atoms with van der Waals surface area (Å²) in [4.78, 5) is 0.188. The summed E-state index contributed by atoms with van der Waals surface area (Å²) in [6, 6.07) is 5.21. The lowest BCUT2D eigenvalue weighted by molar-refractivity contribution is 0.402. The van der Waals surface area contributed by atoms with Crippen LogP contribution in [0.4, 0.5) is 0 Å². The number of sulfonamides is 1.